The molecule has 0 amide bonds. The van der Waals surface area contributed by atoms with Crippen LogP contribution in [0, 0.1) is 58.0 Å². The Morgan fingerprint density at radius 3 is 1.10 bits per heavy atom. The minimum absolute atomic E-state index is 0. The van der Waals surface area contributed by atoms with Gasteiger partial charge in [-0.2, -0.15) is 0 Å². The molecule has 118 heavy (non-hydrogen) atoms. The van der Waals surface area contributed by atoms with E-state index in [0.717, 1.165) is 144 Å². The van der Waals surface area contributed by atoms with Gasteiger partial charge in [0.2, 0.25) is 0 Å². The molecule has 0 fully saturated rings. The second-order valence-electron chi connectivity index (χ2n) is 36.6. The summed E-state index contributed by atoms with van der Waals surface area (Å²) in [6.07, 6.45) is 2.10. The molecule has 0 atom stereocenters. The maximum Gasteiger partial charge on any atom is 0.102 e. The summed E-state index contributed by atoms with van der Waals surface area (Å²) in [5, 5.41) is 7.48. The maximum atomic E-state index is 5.11. The molecule has 10 heterocycles. The molecule has 13 nitrogen and oxygen atoms in total. The molecule has 0 aliphatic rings. The van der Waals surface area contributed by atoms with E-state index in [1.54, 1.807) is 0 Å². The standard InChI is InChI=1S/C24H28N3.C20H20N3.2C19H17N2.C18H16N3.5Ir/c1-14-11-19-20(12-15(14)2)27-21(25-19)17-10-9-16(23(3,4)5)13-18(17)26-22(27)24(6,7)8;1-12-10-16-17(11-13(12)2)23-18(21-16)14-8-6-7-9-15(14)22-19(23)20(3,4)5;1-19(2,3)17-12-13-8-4-5-9-14(13)18-20-15-10-6-7-11-16(15)21(17)18;1-19(2,3)14-8-9-16-17(12-14)21-11-10-13-6-4-5-7-15(13)18(21)20-16;1-18(2,3)17-20-13-9-5-4-8-12(13)16-19-14-10-6-7-11-15(14)21(16)17;;;;;/h9,11-13H,1-8H3;6-7,9-11H,1-5H3;4-8,10-12H,1-3H3;4-6,8-12H,1-3H3;4-7,9-11H,1-3H3;;;;;/q5*-1;;;;;. The van der Waals surface area contributed by atoms with E-state index in [2.05, 4.69) is 314 Å². The number of imidazole rings is 5. The normalized spacial score (nSPS) is 12.2. The fraction of sp³-hybridized carbons (Fsp3) is 0.280. The molecule has 0 aliphatic carbocycles. The van der Waals surface area contributed by atoms with Gasteiger partial charge in [0.05, 0.1) is 83.4 Å². The van der Waals surface area contributed by atoms with E-state index in [9.17, 15) is 0 Å². The van der Waals surface area contributed by atoms with Crippen LogP contribution < -0.4 is 0 Å². The summed E-state index contributed by atoms with van der Waals surface area (Å²) in [4.78, 5) is 39.3. The van der Waals surface area contributed by atoms with Gasteiger partial charge in [0, 0.05) is 128 Å². The molecule has 0 N–H and O–H groups in total. The summed E-state index contributed by atoms with van der Waals surface area (Å²) in [7, 11) is 0. The molecule has 20 aromatic rings. The predicted molar refractivity (Wildman–Crippen MR) is 470 cm³/mol. The first kappa shape index (κ1) is 90.1. The van der Waals surface area contributed by atoms with Crippen LogP contribution in [0.3, 0.4) is 0 Å². The fourth-order valence-corrected chi connectivity index (χ4v) is 15.2. The largest absolute Gasteiger partial charge is 0.341 e. The molecule has 20 rings (SSSR count). The monoisotopic (exact) mass is 2450 g/mol. The van der Waals surface area contributed by atoms with E-state index < -0.39 is 0 Å². The van der Waals surface area contributed by atoms with Gasteiger partial charge < -0.3 is 22.0 Å². The first-order valence-electron chi connectivity index (χ1n) is 39.2. The van der Waals surface area contributed by atoms with Crippen molar-refractivity contribution in [3.63, 3.8) is 0 Å². The molecule has 0 saturated heterocycles. The fourth-order valence-electron chi connectivity index (χ4n) is 15.2. The number of aryl methyl sites for hydroxylation is 4. The average Bonchev–Trinajstić information content (AvgIpc) is 1.56. The van der Waals surface area contributed by atoms with Gasteiger partial charge in [-0.1, -0.05) is 183 Å². The Morgan fingerprint density at radius 1 is 0.254 bits per heavy atom. The van der Waals surface area contributed by atoms with Crippen LogP contribution in [0.25, 0.3) is 138 Å². The van der Waals surface area contributed by atoms with Crippen molar-refractivity contribution in [2.75, 3.05) is 0 Å². The van der Waals surface area contributed by atoms with Crippen LogP contribution in [0.1, 0.15) is 181 Å². The van der Waals surface area contributed by atoms with Crippen LogP contribution in [0.4, 0.5) is 0 Å². The molecular formula is C100H98Ir5N13-5. The first-order chi connectivity index (χ1) is 53.5. The second kappa shape index (κ2) is 33.7. The van der Waals surface area contributed by atoms with Crippen LogP contribution >= 0.6 is 0 Å². The summed E-state index contributed by atoms with van der Waals surface area (Å²) in [6.45, 7) is 48.5. The zero-order valence-corrected chi connectivity index (χ0v) is 82.9. The molecule has 10 aromatic carbocycles. The zero-order valence-electron chi connectivity index (χ0n) is 71.0. The van der Waals surface area contributed by atoms with Crippen molar-refractivity contribution in [1.29, 1.82) is 0 Å². The third-order valence-corrected chi connectivity index (χ3v) is 21.6. The van der Waals surface area contributed by atoms with Gasteiger partial charge in [0.15, 0.2) is 0 Å². The van der Waals surface area contributed by atoms with E-state index in [-0.39, 0.29) is 133 Å². The van der Waals surface area contributed by atoms with Crippen molar-refractivity contribution in [2.45, 2.75) is 185 Å². The van der Waals surface area contributed by atoms with Gasteiger partial charge in [-0.15, -0.1) is 142 Å². The van der Waals surface area contributed by atoms with Crippen molar-refractivity contribution in [2.24, 2.45) is 0 Å². The van der Waals surface area contributed by atoms with Gasteiger partial charge in [-0.3, -0.25) is 39.9 Å². The van der Waals surface area contributed by atoms with Crippen LogP contribution in [0.2, 0.25) is 0 Å². The smallest absolute Gasteiger partial charge is 0.102 e. The topological polar surface area (TPSA) is 125 Å². The minimum atomic E-state index is -0.101. The minimum Gasteiger partial charge on any atom is -0.341 e. The average molecular weight is 2440 g/mol. The quantitative estimate of drug-likeness (QED) is 0.137. The molecule has 0 spiro atoms. The Balaban J connectivity index is 0.000000144. The van der Waals surface area contributed by atoms with Crippen molar-refractivity contribution in [3.8, 4) is 0 Å². The summed E-state index contributed by atoms with van der Waals surface area (Å²) >= 11 is 0. The molecule has 10 aromatic heterocycles. The number of para-hydroxylation sites is 4. The molecule has 5 radical (unpaired) electrons. The van der Waals surface area contributed by atoms with Gasteiger partial charge >= 0.3 is 0 Å². The van der Waals surface area contributed by atoms with Gasteiger partial charge in [-0.25, -0.2) is 0 Å². The summed E-state index contributed by atoms with van der Waals surface area (Å²) < 4.78 is 11.1. The van der Waals surface area contributed by atoms with Crippen molar-refractivity contribution in [3.05, 3.63) is 281 Å². The van der Waals surface area contributed by atoms with Crippen molar-refractivity contribution >= 4 is 138 Å². The Morgan fingerprint density at radius 2 is 0.627 bits per heavy atom. The number of fused-ring (bicyclic) bond motifs is 25. The van der Waals surface area contributed by atoms with Crippen LogP contribution in [-0.4, -0.2) is 61.9 Å². The Hall–Kier alpha value is -8.71. The molecule has 0 unspecified atom stereocenters. The van der Waals surface area contributed by atoms with E-state index in [0.29, 0.717) is 0 Å². The molecule has 613 valence electrons. The number of benzene rings is 10. The number of pyridine rings is 2. The SMILES string of the molecule is CC(C)(C)c1cc2ccc[c-]c2c2nc3ccccc3n12.CC(C)(C)c1ccc2nc3c4[c-]cccc4ccn3c2c1.CC(C)(C)c1nc2ccc[c-]c2c2nc3ccccc3n12.Cc1cc2nc3c4[c-]cc(C(C)(C)C)cc4nc(C(C)(C)C)n3c2cc1C.Cc1cc2nc3c4[c-]cccc4nc(C(C)(C)C)n3c2cc1C.[Ir].[Ir].[Ir].[Ir].[Ir]. The Labute approximate surface area is 758 Å². The van der Waals surface area contributed by atoms with Gasteiger partial charge in [-0.05, 0) is 150 Å². The number of rotatable bonds is 0. The number of nitrogens with zero attached hydrogens (tertiary/aromatic N) is 13. The second-order valence-corrected chi connectivity index (χ2v) is 36.6. The Kier molecular flexibility index (Phi) is 25.7. The Bertz CT molecular complexity index is 7040. The summed E-state index contributed by atoms with van der Waals surface area (Å²) in [5.41, 5.74) is 27.4. The molecule has 0 aliphatic heterocycles. The van der Waals surface area contributed by atoms with E-state index >= 15 is 0 Å². The predicted octanol–water partition coefficient (Wildman–Crippen LogP) is 24.4. The van der Waals surface area contributed by atoms with E-state index in [4.69, 9.17) is 39.9 Å². The van der Waals surface area contributed by atoms with Crippen molar-refractivity contribution < 1.29 is 101 Å². The van der Waals surface area contributed by atoms with Crippen LogP contribution in [0.15, 0.2) is 194 Å². The van der Waals surface area contributed by atoms with Gasteiger partial charge in [0.25, 0.3) is 0 Å². The third-order valence-electron chi connectivity index (χ3n) is 21.6. The maximum absolute atomic E-state index is 5.11. The van der Waals surface area contributed by atoms with Crippen LogP contribution in [0.5, 0.6) is 0 Å². The van der Waals surface area contributed by atoms with Gasteiger partial charge in [0.1, 0.15) is 17.5 Å². The third kappa shape index (κ3) is 16.8. The number of hydrogen-bond donors (Lipinski definition) is 0. The number of aromatic nitrogens is 13. The molecule has 18 heteroatoms. The molecular weight excluding hydrogens is 2340 g/mol. The van der Waals surface area contributed by atoms with E-state index in [1.807, 2.05) is 84.9 Å². The molecule has 0 saturated carbocycles. The zero-order chi connectivity index (χ0) is 79.9. The summed E-state index contributed by atoms with van der Waals surface area (Å²) in [5.74, 6) is 3.10. The van der Waals surface area contributed by atoms with E-state index in [1.165, 1.54) is 49.8 Å². The first-order valence-corrected chi connectivity index (χ1v) is 39.2. The summed E-state index contributed by atoms with van der Waals surface area (Å²) in [6, 6.07) is 81.4. The molecule has 0 bridgehead atoms. The van der Waals surface area contributed by atoms with Crippen LogP contribution in [-0.2, 0) is 133 Å². The van der Waals surface area contributed by atoms with Crippen molar-refractivity contribution in [1.82, 2.24) is 61.9 Å². The number of hydrogen-bond acceptors (Lipinski definition) is 8.